The fraction of sp³-hybridized carbons (Fsp3) is 0.550. The number of ether oxygens (including phenoxy) is 1. The molecular formula is C20H27NO2. The van der Waals surface area contributed by atoms with E-state index in [2.05, 4.69) is 25.2 Å². The van der Waals surface area contributed by atoms with Gasteiger partial charge < -0.3 is 10.1 Å². The van der Waals surface area contributed by atoms with Gasteiger partial charge in [0.25, 0.3) is 0 Å². The largest absolute Gasteiger partial charge is 0.496 e. The van der Waals surface area contributed by atoms with Crippen molar-refractivity contribution in [1.29, 1.82) is 0 Å². The zero-order valence-electron chi connectivity index (χ0n) is 14.4. The summed E-state index contributed by atoms with van der Waals surface area (Å²) in [6, 6.07) is 6.14. The molecule has 0 aromatic heterocycles. The Balaban J connectivity index is 1.98. The van der Waals surface area contributed by atoms with Crippen molar-refractivity contribution in [3.05, 3.63) is 35.4 Å². The maximum atomic E-state index is 12.7. The maximum Gasteiger partial charge on any atom is 0.160 e. The zero-order valence-corrected chi connectivity index (χ0v) is 14.4. The molecule has 3 heteroatoms. The number of fused-ring (bicyclic) bond motifs is 1. The Kier molecular flexibility index (Phi) is 4.47. The lowest BCUT2D eigenvalue weighted by Gasteiger charge is -2.36. The summed E-state index contributed by atoms with van der Waals surface area (Å²) in [5.41, 5.74) is 3.16. The van der Waals surface area contributed by atoms with Crippen molar-refractivity contribution in [2.45, 2.75) is 57.9 Å². The maximum absolute atomic E-state index is 12.7. The normalized spacial score (nSPS) is 22.3. The number of hydrogen-bond donors (Lipinski definition) is 1. The lowest BCUT2D eigenvalue weighted by Crippen LogP contribution is -2.44. The third-order valence-corrected chi connectivity index (χ3v) is 5.00. The molecule has 0 bridgehead atoms. The van der Waals surface area contributed by atoms with Crippen molar-refractivity contribution in [3.63, 3.8) is 0 Å². The molecule has 3 rings (SSSR count). The molecule has 1 aliphatic carbocycles. The van der Waals surface area contributed by atoms with Crippen molar-refractivity contribution in [2.75, 3.05) is 7.11 Å². The lowest BCUT2D eigenvalue weighted by atomic mass is 9.83. The van der Waals surface area contributed by atoms with Crippen LogP contribution in [0.25, 0.3) is 5.70 Å². The van der Waals surface area contributed by atoms with Crippen LogP contribution in [0.3, 0.4) is 0 Å². The van der Waals surface area contributed by atoms with Gasteiger partial charge in [0.1, 0.15) is 5.75 Å². The summed E-state index contributed by atoms with van der Waals surface area (Å²) in [6.07, 6.45) is 8.45. The van der Waals surface area contributed by atoms with E-state index in [0.29, 0.717) is 0 Å². The second kappa shape index (κ2) is 6.38. The summed E-state index contributed by atoms with van der Waals surface area (Å²) in [6.45, 7) is 4.35. The van der Waals surface area contributed by atoms with E-state index < -0.39 is 0 Å². The fourth-order valence-corrected chi connectivity index (χ4v) is 3.90. The summed E-state index contributed by atoms with van der Waals surface area (Å²) in [7, 11) is 1.69. The summed E-state index contributed by atoms with van der Waals surface area (Å²) >= 11 is 0. The third-order valence-electron chi connectivity index (χ3n) is 5.00. The molecule has 0 radical (unpaired) electrons. The van der Waals surface area contributed by atoms with Crippen molar-refractivity contribution in [2.24, 2.45) is 5.92 Å². The average Bonchev–Trinajstić information content (AvgIpc) is 2.53. The van der Waals surface area contributed by atoms with Crippen LogP contribution >= 0.6 is 0 Å². The first-order chi connectivity index (χ1) is 11.0. The van der Waals surface area contributed by atoms with Gasteiger partial charge in [-0.05, 0) is 44.7 Å². The first-order valence-corrected chi connectivity index (χ1v) is 8.70. The molecule has 1 N–H and O–H groups in total. The molecule has 2 aliphatic rings. The fourth-order valence-electron chi connectivity index (χ4n) is 3.90. The highest BCUT2D eigenvalue weighted by Crippen LogP contribution is 2.36. The summed E-state index contributed by atoms with van der Waals surface area (Å²) in [4.78, 5) is 12.7. The monoisotopic (exact) mass is 313 g/mol. The number of carbonyl (C=O) groups excluding carboxylic acids is 1. The van der Waals surface area contributed by atoms with E-state index >= 15 is 0 Å². The van der Waals surface area contributed by atoms with E-state index in [1.807, 2.05) is 18.2 Å². The molecule has 1 fully saturated rings. The van der Waals surface area contributed by atoms with Crippen LogP contribution in [0, 0.1) is 5.92 Å². The molecule has 1 aromatic carbocycles. The molecule has 1 aliphatic heterocycles. The molecule has 23 heavy (non-hydrogen) atoms. The molecule has 0 spiro atoms. The Morgan fingerprint density at radius 1 is 1.26 bits per heavy atom. The van der Waals surface area contributed by atoms with Crippen molar-refractivity contribution in [3.8, 4) is 5.75 Å². The van der Waals surface area contributed by atoms with Crippen molar-refractivity contribution in [1.82, 2.24) is 5.32 Å². The Morgan fingerprint density at radius 2 is 2.00 bits per heavy atom. The predicted octanol–water partition coefficient (Wildman–Crippen LogP) is 4.11. The standard InChI is InChI=1S/C20H27NO2/c1-20(2)13-15-10-7-11-18(23-3)19(15)16(21-20)12-17(22)14-8-5-4-6-9-14/h7,10-12,14,21H,4-6,8-9,13H2,1-3H3. The Labute approximate surface area is 139 Å². The van der Waals surface area contributed by atoms with Crippen LogP contribution < -0.4 is 10.1 Å². The number of nitrogens with one attached hydrogen (secondary N) is 1. The highest BCUT2D eigenvalue weighted by atomic mass is 16.5. The molecule has 0 atom stereocenters. The number of benzene rings is 1. The molecule has 0 unspecified atom stereocenters. The van der Waals surface area contributed by atoms with E-state index in [0.717, 1.165) is 36.3 Å². The first kappa shape index (κ1) is 16.1. The number of ketones is 1. The van der Waals surface area contributed by atoms with Gasteiger partial charge in [-0.15, -0.1) is 0 Å². The van der Waals surface area contributed by atoms with E-state index in [9.17, 15) is 4.79 Å². The number of hydrogen-bond acceptors (Lipinski definition) is 3. The third kappa shape index (κ3) is 3.44. The number of carbonyl (C=O) groups is 1. The second-order valence-corrected chi connectivity index (χ2v) is 7.48. The molecule has 1 aromatic rings. The van der Waals surface area contributed by atoms with Gasteiger partial charge in [0, 0.05) is 28.8 Å². The highest BCUT2D eigenvalue weighted by molar-refractivity contribution is 5.99. The van der Waals surface area contributed by atoms with Crippen LogP contribution in [-0.2, 0) is 11.2 Å². The van der Waals surface area contributed by atoms with Gasteiger partial charge in [-0.25, -0.2) is 0 Å². The summed E-state index contributed by atoms with van der Waals surface area (Å²) in [5, 5.41) is 3.55. The molecule has 1 heterocycles. The van der Waals surface area contributed by atoms with E-state index in [-0.39, 0.29) is 17.2 Å². The van der Waals surface area contributed by atoms with E-state index in [1.54, 1.807) is 7.11 Å². The van der Waals surface area contributed by atoms with Gasteiger partial charge in [0.05, 0.1) is 7.11 Å². The van der Waals surface area contributed by atoms with E-state index in [1.165, 1.54) is 24.8 Å². The van der Waals surface area contributed by atoms with Crippen LogP contribution in [0.4, 0.5) is 0 Å². The minimum absolute atomic E-state index is 0.0575. The van der Waals surface area contributed by atoms with Gasteiger partial charge in [-0.1, -0.05) is 31.4 Å². The van der Waals surface area contributed by atoms with Crippen LogP contribution in [-0.4, -0.2) is 18.4 Å². The molecule has 1 saturated carbocycles. The number of allylic oxidation sites excluding steroid dienone is 1. The lowest BCUT2D eigenvalue weighted by molar-refractivity contribution is -0.119. The summed E-state index contributed by atoms with van der Waals surface area (Å²) < 4.78 is 5.55. The van der Waals surface area contributed by atoms with Crippen LogP contribution in [0.15, 0.2) is 24.3 Å². The smallest absolute Gasteiger partial charge is 0.160 e. The van der Waals surface area contributed by atoms with Crippen LogP contribution in [0.2, 0.25) is 0 Å². The van der Waals surface area contributed by atoms with Gasteiger partial charge in [-0.2, -0.15) is 0 Å². The number of rotatable bonds is 3. The molecular weight excluding hydrogens is 286 g/mol. The minimum atomic E-state index is -0.0575. The van der Waals surface area contributed by atoms with Gasteiger partial charge in [-0.3, -0.25) is 4.79 Å². The molecule has 3 nitrogen and oxygen atoms in total. The van der Waals surface area contributed by atoms with Crippen molar-refractivity contribution < 1.29 is 9.53 Å². The topological polar surface area (TPSA) is 38.3 Å². The number of methoxy groups -OCH3 is 1. The second-order valence-electron chi connectivity index (χ2n) is 7.48. The zero-order chi connectivity index (χ0) is 16.4. The van der Waals surface area contributed by atoms with Crippen molar-refractivity contribution >= 4 is 11.5 Å². The predicted molar refractivity (Wildman–Crippen MR) is 93.5 cm³/mol. The molecule has 124 valence electrons. The van der Waals surface area contributed by atoms with Gasteiger partial charge in [0.15, 0.2) is 5.78 Å². The van der Waals surface area contributed by atoms with Crippen LogP contribution in [0.5, 0.6) is 5.75 Å². The first-order valence-electron chi connectivity index (χ1n) is 8.70. The SMILES string of the molecule is COc1cccc2c1C(=CC(=O)C1CCCCC1)NC(C)(C)C2. The minimum Gasteiger partial charge on any atom is -0.496 e. The van der Waals surface area contributed by atoms with Crippen LogP contribution in [0.1, 0.15) is 57.1 Å². The van der Waals surface area contributed by atoms with Gasteiger partial charge in [0.2, 0.25) is 0 Å². The highest BCUT2D eigenvalue weighted by Gasteiger charge is 2.31. The quantitative estimate of drug-likeness (QED) is 0.854. The van der Waals surface area contributed by atoms with E-state index in [4.69, 9.17) is 4.74 Å². The van der Waals surface area contributed by atoms with Gasteiger partial charge >= 0.3 is 0 Å². The molecule has 0 saturated heterocycles. The average molecular weight is 313 g/mol. The summed E-state index contributed by atoms with van der Waals surface area (Å²) in [5.74, 6) is 1.30. The Bertz CT molecular complexity index is 625. The Morgan fingerprint density at radius 3 is 2.70 bits per heavy atom. The Hall–Kier alpha value is -1.77. The molecule has 0 amide bonds.